The summed E-state index contributed by atoms with van der Waals surface area (Å²) < 4.78 is 10.2. The van der Waals surface area contributed by atoms with E-state index in [1.807, 2.05) is 25.5 Å². The van der Waals surface area contributed by atoms with Crippen LogP contribution in [0.15, 0.2) is 79.4 Å². The molecule has 8 rings (SSSR count). The predicted molar refractivity (Wildman–Crippen MR) is 228 cm³/mol. The normalized spacial score (nSPS) is 22.4. The van der Waals surface area contributed by atoms with Gasteiger partial charge in [-0.15, -0.1) is 0 Å². The average molecular weight is 813 g/mol. The second-order valence-electron chi connectivity index (χ2n) is 17.1. The first-order valence-electron chi connectivity index (χ1n) is 21.3. The number of ether oxygens (including phenoxy) is 2. The molecule has 2 aromatic carbocycles. The molecule has 13 heteroatoms. The topological polar surface area (TPSA) is 167 Å². The van der Waals surface area contributed by atoms with Gasteiger partial charge in [0, 0.05) is 32.0 Å². The van der Waals surface area contributed by atoms with Crippen molar-refractivity contribution in [1.82, 2.24) is 40.5 Å². The molecule has 0 radical (unpaired) electrons. The second kappa shape index (κ2) is 17.4. The lowest BCUT2D eigenvalue weighted by Crippen LogP contribution is -2.54. The van der Waals surface area contributed by atoms with Crippen LogP contribution in [-0.2, 0) is 19.1 Å². The van der Waals surface area contributed by atoms with Crippen LogP contribution < -0.4 is 10.6 Å². The van der Waals surface area contributed by atoms with Crippen LogP contribution >= 0.6 is 0 Å². The summed E-state index contributed by atoms with van der Waals surface area (Å²) in [6, 6.07) is 17.7. The number of fused-ring (bicyclic) bond motifs is 2. The SMILES string of the molecule is COC(=O)N[C@H](C(=O)N1CCC[C@H]1c1ncc(-c2ccc(-c3ccc(-c4cnc(C5C6CCC(C6)[C@@H]5C(=O)N[C@H](C)c5cncc(C(C)C)c5)[nH]4)cc3)cc2)[nH]1)[C@@H](C)OC. The van der Waals surface area contributed by atoms with Crippen LogP contribution in [0.1, 0.15) is 106 Å². The van der Waals surface area contributed by atoms with Crippen LogP contribution in [0.25, 0.3) is 33.6 Å². The summed E-state index contributed by atoms with van der Waals surface area (Å²) in [5.41, 5.74) is 8.19. The molecule has 1 saturated heterocycles. The monoisotopic (exact) mass is 812 g/mol. The van der Waals surface area contributed by atoms with Crippen molar-refractivity contribution in [2.45, 2.75) is 95.9 Å². The molecule has 3 fully saturated rings. The third-order valence-corrected chi connectivity index (χ3v) is 13.2. The van der Waals surface area contributed by atoms with E-state index in [4.69, 9.17) is 14.5 Å². The summed E-state index contributed by atoms with van der Waals surface area (Å²) in [5, 5.41) is 5.97. The summed E-state index contributed by atoms with van der Waals surface area (Å²) in [4.78, 5) is 62.5. The van der Waals surface area contributed by atoms with Crippen LogP contribution in [0.2, 0.25) is 0 Å². The molecular formula is C47H56N8O5. The number of nitrogens with one attached hydrogen (secondary N) is 4. The minimum absolute atomic E-state index is 0.0700. The fourth-order valence-electron chi connectivity index (χ4n) is 9.67. The van der Waals surface area contributed by atoms with Crippen molar-refractivity contribution < 1.29 is 23.9 Å². The number of carbonyl (C=O) groups excluding carboxylic acids is 3. The quantitative estimate of drug-likeness (QED) is 0.0926. The van der Waals surface area contributed by atoms with Crippen molar-refractivity contribution in [2.75, 3.05) is 20.8 Å². The molecule has 2 bridgehead atoms. The molecule has 4 N–H and O–H groups in total. The number of imidazole rings is 2. The lowest BCUT2D eigenvalue weighted by molar-refractivity contribution is -0.137. The van der Waals surface area contributed by atoms with E-state index in [1.165, 1.54) is 19.8 Å². The van der Waals surface area contributed by atoms with Crippen molar-refractivity contribution in [3.63, 3.8) is 0 Å². The number of rotatable bonds is 13. The number of carbonyl (C=O) groups is 3. The molecule has 2 aliphatic carbocycles. The first-order valence-corrected chi connectivity index (χ1v) is 21.3. The van der Waals surface area contributed by atoms with Crippen LogP contribution in [0.4, 0.5) is 4.79 Å². The fourth-order valence-corrected chi connectivity index (χ4v) is 9.67. The maximum atomic E-state index is 13.9. The van der Waals surface area contributed by atoms with E-state index in [0.29, 0.717) is 30.1 Å². The van der Waals surface area contributed by atoms with Crippen LogP contribution in [0, 0.1) is 17.8 Å². The highest BCUT2D eigenvalue weighted by molar-refractivity contribution is 5.87. The van der Waals surface area contributed by atoms with Crippen LogP contribution in [0.3, 0.4) is 0 Å². The highest BCUT2D eigenvalue weighted by Crippen LogP contribution is 2.56. The third kappa shape index (κ3) is 8.19. The zero-order valence-corrected chi connectivity index (χ0v) is 35.3. The number of benzene rings is 2. The first-order chi connectivity index (χ1) is 29.0. The minimum atomic E-state index is -0.887. The van der Waals surface area contributed by atoms with Crippen molar-refractivity contribution >= 4 is 17.9 Å². The molecule has 314 valence electrons. The van der Waals surface area contributed by atoms with E-state index in [-0.39, 0.29) is 35.7 Å². The zero-order chi connectivity index (χ0) is 42.1. The third-order valence-electron chi connectivity index (χ3n) is 13.2. The predicted octanol–water partition coefficient (Wildman–Crippen LogP) is 8.08. The number of pyridine rings is 1. The maximum Gasteiger partial charge on any atom is 0.407 e. The Morgan fingerprint density at radius 1 is 0.750 bits per heavy atom. The molecule has 8 atom stereocenters. The number of nitrogens with zero attached hydrogens (tertiary/aromatic N) is 4. The first kappa shape index (κ1) is 40.9. The second-order valence-corrected chi connectivity index (χ2v) is 17.1. The van der Waals surface area contributed by atoms with Gasteiger partial charge < -0.3 is 35.0 Å². The molecule has 60 heavy (non-hydrogen) atoms. The van der Waals surface area contributed by atoms with Gasteiger partial charge in [-0.1, -0.05) is 68.4 Å². The molecule has 3 amide bonds. The van der Waals surface area contributed by atoms with Crippen molar-refractivity contribution in [3.8, 4) is 33.6 Å². The number of aromatic amines is 2. The van der Waals surface area contributed by atoms with Gasteiger partial charge in [0.15, 0.2) is 0 Å². The highest BCUT2D eigenvalue weighted by atomic mass is 16.5. The van der Waals surface area contributed by atoms with Gasteiger partial charge in [-0.05, 0) is 97.1 Å². The Bertz CT molecular complexity index is 2300. The van der Waals surface area contributed by atoms with E-state index in [9.17, 15) is 14.4 Å². The summed E-state index contributed by atoms with van der Waals surface area (Å²) >= 11 is 0. The van der Waals surface area contributed by atoms with Gasteiger partial charge in [-0.25, -0.2) is 14.8 Å². The minimum Gasteiger partial charge on any atom is -0.453 e. The highest BCUT2D eigenvalue weighted by Gasteiger charge is 2.52. The number of hydrogen-bond acceptors (Lipinski definition) is 8. The smallest absolute Gasteiger partial charge is 0.407 e. The molecule has 3 aliphatic rings. The molecule has 2 saturated carbocycles. The molecule has 3 aromatic heterocycles. The Hall–Kier alpha value is -5.82. The van der Waals surface area contributed by atoms with Crippen molar-refractivity contribution in [1.29, 1.82) is 0 Å². The summed E-state index contributed by atoms with van der Waals surface area (Å²) in [5.74, 6) is 2.64. The number of alkyl carbamates (subject to hydrolysis) is 1. The summed E-state index contributed by atoms with van der Waals surface area (Å²) in [6.07, 6.45) is 11.1. The van der Waals surface area contributed by atoms with Gasteiger partial charge in [-0.2, -0.15) is 0 Å². The number of amides is 3. The summed E-state index contributed by atoms with van der Waals surface area (Å²) in [6.45, 7) is 8.65. The average Bonchev–Trinajstić information content (AvgIpc) is 4.14. The zero-order valence-electron chi connectivity index (χ0n) is 35.3. The largest absolute Gasteiger partial charge is 0.453 e. The molecule has 1 aliphatic heterocycles. The van der Waals surface area contributed by atoms with Crippen LogP contribution in [0.5, 0.6) is 0 Å². The number of methoxy groups -OCH3 is 2. The van der Waals surface area contributed by atoms with Crippen molar-refractivity contribution in [2.24, 2.45) is 17.8 Å². The number of H-pyrrole nitrogens is 2. The van der Waals surface area contributed by atoms with Gasteiger partial charge in [0.25, 0.3) is 0 Å². The van der Waals surface area contributed by atoms with E-state index in [0.717, 1.165) is 77.1 Å². The lowest BCUT2D eigenvalue weighted by Gasteiger charge is -2.30. The van der Waals surface area contributed by atoms with Gasteiger partial charge in [-0.3, -0.25) is 14.6 Å². The van der Waals surface area contributed by atoms with Gasteiger partial charge >= 0.3 is 6.09 Å². The van der Waals surface area contributed by atoms with Crippen molar-refractivity contribution in [3.05, 3.63) is 102 Å². The molecule has 3 unspecified atom stereocenters. The molecule has 13 nitrogen and oxygen atoms in total. The Morgan fingerprint density at radius 2 is 1.35 bits per heavy atom. The van der Waals surface area contributed by atoms with Gasteiger partial charge in [0.2, 0.25) is 11.8 Å². The van der Waals surface area contributed by atoms with Crippen LogP contribution in [-0.4, -0.2) is 80.6 Å². The number of likely N-dealkylation sites (tertiary alicyclic amines) is 1. The Labute approximate surface area is 351 Å². The van der Waals surface area contributed by atoms with Gasteiger partial charge in [0.1, 0.15) is 17.7 Å². The number of aromatic nitrogens is 5. The molecule has 0 spiro atoms. The standard InChI is InChI=1S/C47H56N8O5/c1-26(2)35-21-36(23-48-22-35)27(3)51-45(56)41-34-18-17-33(20-34)40(41)44-50-25-38(53-44)32-15-11-30(12-16-32)29-9-13-31(14-10-29)37-24-49-43(52-37)39-8-7-19-55(39)46(57)42(28(4)59-5)54-47(58)60-6/h9-16,21-28,33-34,39-42H,7-8,17-20H2,1-6H3,(H,49,52)(H,50,53)(H,51,56)(H,54,58)/t27-,28-,33?,34?,39+,40?,41+,42+/m1/s1. The van der Waals surface area contributed by atoms with Gasteiger partial charge in [0.05, 0.1) is 55.0 Å². The Balaban J connectivity index is 0.918. The summed E-state index contributed by atoms with van der Waals surface area (Å²) in [7, 11) is 2.77. The molecule has 4 heterocycles. The maximum absolute atomic E-state index is 13.9. The Kier molecular flexibility index (Phi) is 11.9. The Morgan fingerprint density at radius 3 is 1.98 bits per heavy atom. The van der Waals surface area contributed by atoms with E-state index in [2.05, 4.69) is 99.0 Å². The number of hydrogen-bond donors (Lipinski definition) is 4. The lowest BCUT2D eigenvalue weighted by atomic mass is 9.78. The van der Waals surface area contributed by atoms with E-state index < -0.39 is 18.2 Å². The molecular weight excluding hydrogens is 757 g/mol. The van der Waals surface area contributed by atoms with E-state index in [1.54, 1.807) is 18.0 Å². The van der Waals surface area contributed by atoms with E-state index >= 15 is 0 Å². The fraction of sp³-hybridized carbons (Fsp3) is 0.447. The molecule has 5 aromatic rings.